The minimum absolute atomic E-state index is 0.395. The van der Waals surface area contributed by atoms with Gasteiger partial charge in [-0.25, -0.2) is 12.8 Å². The largest absolute Gasteiger partial charge is 0.247 e. The summed E-state index contributed by atoms with van der Waals surface area (Å²) in [6.07, 6.45) is 3.56. The molecule has 4 nitrogen and oxygen atoms in total. The molecule has 0 saturated heterocycles. The summed E-state index contributed by atoms with van der Waals surface area (Å²) >= 11 is 3.10. The molecule has 0 bridgehead atoms. The summed E-state index contributed by atoms with van der Waals surface area (Å²) in [6, 6.07) is 5.95. The fraction of sp³-hybridized carbons (Fsp3) is 0.500. The maximum atomic E-state index is 14.0. The molecule has 0 radical (unpaired) electrons. The quantitative estimate of drug-likeness (QED) is 0.813. The van der Waals surface area contributed by atoms with Gasteiger partial charge in [0.2, 0.25) is 10.0 Å². The van der Waals surface area contributed by atoms with E-state index in [1.807, 2.05) is 0 Å². The Balaban J connectivity index is 2.45. The van der Waals surface area contributed by atoms with Gasteiger partial charge in [-0.15, -0.1) is 0 Å². The summed E-state index contributed by atoms with van der Waals surface area (Å²) in [5.74, 6) is -0.819. The van der Waals surface area contributed by atoms with Gasteiger partial charge in [0.1, 0.15) is 16.3 Å². The van der Waals surface area contributed by atoms with Crippen LogP contribution in [0.25, 0.3) is 0 Å². The lowest BCUT2D eigenvalue weighted by Crippen LogP contribution is -2.49. The topological polar surface area (TPSA) is 61.2 Å². The van der Waals surface area contributed by atoms with Crippen LogP contribution in [-0.2, 0) is 10.0 Å². The summed E-state index contributed by atoms with van der Waals surface area (Å²) in [5.41, 5.74) is -1.07. The minimum Gasteiger partial charge on any atom is -0.207 e. The molecule has 1 aromatic carbocycles. The van der Waals surface area contributed by atoms with E-state index in [1.165, 1.54) is 19.2 Å². The molecule has 1 aromatic rings. The zero-order valence-electron chi connectivity index (χ0n) is 11.6. The van der Waals surface area contributed by atoms with E-state index in [2.05, 4.69) is 22.0 Å². The van der Waals surface area contributed by atoms with Crippen LogP contribution in [0.1, 0.15) is 32.1 Å². The Kier molecular flexibility index (Phi) is 4.71. The molecule has 0 aromatic heterocycles. The first-order chi connectivity index (χ1) is 9.83. The molecule has 21 heavy (non-hydrogen) atoms. The van der Waals surface area contributed by atoms with Crippen LogP contribution in [-0.4, -0.2) is 25.3 Å². The summed E-state index contributed by atoms with van der Waals surface area (Å²) in [4.78, 5) is -0.395. The molecule has 1 aliphatic rings. The first kappa shape index (κ1) is 16.4. The highest BCUT2D eigenvalue weighted by molar-refractivity contribution is 9.10. The van der Waals surface area contributed by atoms with E-state index < -0.39 is 26.3 Å². The first-order valence-corrected chi connectivity index (χ1v) is 8.92. The normalized spacial score (nSPS) is 18.4. The smallest absolute Gasteiger partial charge is 0.207 e. The van der Waals surface area contributed by atoms with Gasteiger partial charge in [0.25, 0.3) is 0 Å². The van der Waals surface area contributed by atoms with E-state index in [1.54, 1.807) is 0 Å². The molecular weight excluding hydrogens is 359 g/mol. The van der Waals surface area contributed by atoms with Crippen LogP contribution in [0.2, 0.25) is 0 Å². The second kappa shape index (κ2) is 6.03. The number of hydrogen-bond acceptors (Lipinski definition) is 3. The van der Waals surface area contributed by atoms with Crippen molar-refractivity contribution in [3.8, 4) is 6.07 Å². The molecule has 0 aliphatic heterocycles. The number of hydrogen-bond donors (Lipinski definition) is 0. The number of halogens is 2. The minimum atomic E-state index is -4.04. The Labute approximate surface area is 132 Å². The molecule has 1 fully saturated rings. The van der Waals surface area contributed by atoms with Crippen LogP contribution in [0.5, 0.6) is 0 Å². The molecule has 0 unspecified atom stereocenters. The third-order valence-electron chi connectivity index (χ3n) is 4.02. The van der Waals surface area contributed by atoms with E-state index in [4.69, 9.17) is 0 Å². The summed E-state index contributed by atoms with van der Waals surface area (Å²) < 4.78 is 40.8. The van der Waals surface area contributed by atoms with E-state index in [0.29, 0.717) is 17.3 Å². The van der Waals surface area contributed by atoms with Crippen LogP contribution in [0.3, 0.4) is 0 Å². The van der Waals surface area contributed by atoms with Crippen LogP contribution >= 0.6 is 15.9 Å². The molecule has 114 valence electrons. The van der Waals surface area contributed by atoms with Gasteiger partial charge < -0.3 is 0 Å². The average molecular weight is 375 g/mol. The fourth-order valence-electron chi connectivity index (χ4n) is 2.70. The standard InChI is InChI=1S/C14H16BrFN2O2S/c1-18(14(10-17)7-3-2-4-8-14)21(19,20)13-6-5-11(15)9-12(13)16/h5-6,9H,2-4,7-8H2,1H3. The zero-order chi connectivity index (χ0) is 15.7. The Morgan fingerprint density at radius 3 is 2.48 bits per heavy atom. The Morgan fingerprint density at radius 2 is 1.95 bits per heavy atom. The van der Waals surface area contributed by atoms with Crippen LogP contribution < -0.4 is 0 Å². The Bertz CT molecular complexity index is 679. The first-order valence-electron chi connectivity index (χ1n) is 6.69. The van der Waals surface area contributed by atoms with Crippen molar-refractivity contribution >= 4 is 26.0 Å². The molecule has 0 N–H and O–H groups in total. The van der Waals surface area contributed by atoms with Gasteiger partial charge in [0.05, 0.1) is 6.07 Å². The van der Waals surface area contributed by atoms with Crippen LogP contribution in [0, 0.1) is 17.1 Å². The highest BCUT2D eigenvalue weighted by Gasteiger charge is 2.43. The second-order valence-corrected chi connectivity index (χ2v) is 8.10. The Morgan fingerprint density at radius 1 is 1.33 bits per heavy atom. The fourth-order valence-corrected chi connectivity index (χ4v) is 4.55. The van der Waals surface area contributed by atoms with Crippen molar-refractivity contribution in [1.29, 1.82) is 5.26 Å². The molecule has 0 amide bonds. The summed E-state index contributed by atoms with van der Waals surface area (Å²) in [5, 5.41) is 9.48. The van der Waals surface area contributed by atoms with Crippen molar-refractivity contribution < 1.29 is 12.8 Å². The molecule has 7 heteroatoms. The molecule has 1 saturated carbocycles. The maximum Gasteiger partial charge on any atom is 0.247 e. The van der Waals surface area contributed by atoms with Crippen molar-refractivity contribution in [2.45, 2.75) is 42.5 Å². The van der Waals surface area contributed by atoms with Crippen molar-refractivity contribution in [2.75, 3.05) is 7.05 Å². The Hall–Kier alpha value is -0.970. The van der Waals surface area contributed by atoms with E-state index in [0.717, 1.165) is 29.6 Å². The van der Waals surface area contributed by atoms with Crippen molar-refractivity contribution in [2.24, 2.45) is 0 Å². The molecule has 0 spiro atoms. The lowest BCUT2D eigenvalue weighted by Gasteiger charge is -2.38. The SMILES string of the molecule is CN(C1(C#N)CCCCC1)S(=O)(=O)c1ccc(Br)cc1F. The average Bonchev–Trinajstić information content (AvgIpc) is 2.46. The molecule has 2 rings (SSSR count). The highest BCUT2D eigenvalue weighted by Crippen LogP contribution is 2.36. The van der Waals surface area contributed by atoms with E-state index in [9.17, 15) is 18.1 Å². The monoisotopic (exact) mass is 374 g/mol. The zero-order valence-corrected chi connectivity index (χ0v) is 14.0. The highest BCUT2D eigenvalue weighted by atomic mass is 79.9. The number of sulfonamides is 1. The third kappa shape index (κ3) is 2.98. The van der Waals surface area contributed by atoms with Crippen LogP contribution in [0.15, 0.2) is 27.6 Å². The van der Waals surface area contributed by atoms with Gasteiger partial charge in [0.15, 0.2) is 0 Å². The maximum absolute atomic E-state index is 14.0. The third-order valence-corrected chi connectivity index (χ3v) is 6.47. The van der Waals surface area contributed by atoms with Crippen LogP contribution in [0.4, 0.5) is 4.39 Å². The lowest BCUT2D eigenvalue weighted by atomic mass is 9.83. The lowest BCUT2D eigenvalue weighted by molar-refractivity contribution is 0.212. The van der Waals surface area contributed by atoms with Crippen molar-refractivity contribution in [3.05, 3.63) is 28.5 Å². The molecule has 0 atom stereocenters. The van der Waals surface area contributed by atoms with Gasteiger partial charge >= 0.3 is 0 Å². The summed E-state index contributed by atoms with van der Waals surface area (Å²) in [7, 11) is -2.68. The van der Waals surface area contributed by atoms with Gasteiger partial charge in [-0.05, 0) is 31.0 Å². The molecule has 1 aliphatic carbocycles. The number of rotatable bonds is 3. The van der Waals surface area contributed by atoms with Gasteiger partial charge in [0, 0.05) is 11.5 Å². The molecule has 0 heterocycles. The molecular formula is C14H16BrFN2O2S. The predicted molar refractivity (Wildman–Crippen MR) is 80.5 cm³/mol. The van der Waals surface area contributed by atoms with E-state index in [-0.39, 0.29) is 0 Å². The van der Waals surface area contributed by atoms with E-state index >= 15 is 0 Å². The number of benzene rings is 1. The predicted octanol–water partition coefficient (Wildman–Crippen LogP) is 3.44. The number of nitriles is 1. The van der Waals surface area contributed by atoms with Gasteiger partial charge in [-0.2, -0.15) is 9.57 Å². The van der Waals surface area contributed by atoms with Crippen molar-refractivity contribution in [1.82, 2.24) is 4.31 Å². The van der Waals surface area contributed by atoms with Crippen molar-refractivity contribution in [3.63, 3.8) is 0 Å². The van der Waals surface area contributed by atoms with Gasteiger partial charge in [-0.3, -0.25) is 0 Å². The number of nitrogens with zero attached hydrogens (tertiary/aromatic N) is 2. The summed E-state index contributed by atoms with van der Waals surface area (Å²) in [6.45, 7) is 0. The second-order valence-electron chi connectivity index (χ2n) is 5.25. The van der Waals surface area contributed by atoms with Gasteiger partial charge in [-0.1, -0.05) is 35.2 Å².